The summed E-state index contributed by atoms with van der Waals surface area (Å²) in [4.78, 5) is 16.5. The van der Waals surface area contributed by atoms with Crippen LogP contribution in [0.5, 0.6) is 11.5 Å². The smallest absolute Gasteiger partial charge is 0.284 e. The van der Waals surface area contributed by atoms with Gasteiger partial charge in [0.2, 0.25) is 6.10 Å². The van der Waals surface area contributed by atoms with Gasteiger partial charge in [-0.1, -0.05) is 41.9 Å². The van der Waals surface area contributed by atoms with Gasteiger partial charge in [-0.2, -0.15) is 5.10 Å². The van der Waals surface area contributed by atoms with Gasteiger partial charge < -0.3 is 9.47 Å². The summed E-state index contributed by atoms with van der Waals surface area (Å²) >= 11 is 6.16. The van der Waals surface area contributed by atoms with Gasteiger partial charge in [-0.25, -0.2) is 10.4 Å². The molecule has 0 saturated heterocycles. The lowest BCUT2D eigenvalue weighted by Gasteiger charge is -2.24. The molecule has 130 valence electrons. The third kappa shape index (κ3) is 3.32. The van der Waals surface area contributed by atoms with Gasteiger partial charge in [-0.05, 0) is 24.3 Å². The standard InChI is InChI=1S/C19H14ClN3O3/c20-18-13(9-12-5-1-2-6-14(12)22-18)10-21-23-19(24)17-11-25-15-7-3-4-8-16(15)26-17/h1-10,17H,11H2,(H,23,24)/b21-10-/t17-/m0/s1. The number of halogens is 1. The van der Waals surface area contributed by atoms with Crippen LogP contribution in [-0.4, -0.2) is 29.8 Å². The molecule has 7 heteroatoms. The van der Waals surface area contributed by atoms with Crippen LogP contribution in [0.4, 0.5) is 0 Å². The number of rotatable bonds is 3. The molecule has 1 amide bonds. The molecule has 0 radical (unpaired) electrons. The second-order valence-electron chi connectivity index (χ2n) is 5.66. The summed E-state index contributed by atoms with van der Waals surface area (Å²) in [5.41, 5.74) is 3.85. The highest BCUT2D eigenvalue weighted by molar-refractivity contribution is 6.32. The summed E-state index contributed by atoms with van der Waals surface area (Å²) in [6, 6.07) is 16.7. The van der Waals surface area contributed by atoms with E-state index in [0.29, 0.717) is 22.2 Å². The Morgan fingerprint density at radius 1 is 1.19 bits per heavy atom. The minimum Gasteiger partial charge on any atom is -0.485 e. The molecule has 3 aromatic rings. The van der Waals surface area contributed by atoms with Gasteiger partial charge in [0.1, 0.15) is 11.8 Å². The van der Waals surface area contributed by atoms with Crippen molar-refractivity contribution in [3.8, 4) is 11.5 Å². The number of nitrogens with one attached hydrogen (secondary N) is 1. The first-order valence-corrected chi connectivity index (χ1v) is 8.35. The molecule has 0 fully saturated rings. The van der Waals surface area contributed by atoms with Gasteiger partial charge in [-0.3, -0.25) is 4.79 Å². The summed E-state index contributed by atoms with van der Waals surface area (Å²) < 4.78 is 11.1. The van der Waals surface area contributed by atoms with Crippen molar-refractivity contribution in [2.24, 2.45) is 5.10 Å². The number of benzene rings is 2. The van der Waals surface area contributed by atoms with Gasteiger partial charge in [-0.15, -0.1) is 0 Å². The summed E-state index contributed by atoms with van der Waals surface area (Å²) in [5, 5.41) is 5.20. The molecule has 26 heavy (non-hydrogen) atoms. The molecule has 1 N–H and O–H groups in total. The van der Waals surface area contributed by atoms with E-state index in [2.05, 4.69) is 15.5 Å². The van der Waals surface area contributed by atoms with Crippen LogP contribution in [0.2, 0.25) is 5.15 Å². The Morgan fingerprint density at radius 3 is 2.85 bits per heavy atom. The Balaban J connectivity index is 1.44. The molecule has 2 heterocycles. The maximum absolute atomic E-state index is 12.2. The van der Waals surface area contributed by atoms with Gasteiger partial charge in [0.25, 0.3) is 5.91 Å². The zero-order valence-corrected chi connectivity index (χ0v) is 14.3. The van der Waals surface area contributed by atoms with Crippen molar-refractivity contribution in [1.29, 1.82) is 0 Å². The zero-order valence-electron chi connectivity index (χ0n) is 13.6. The fourth-order valence-corrected chi connectivity index (χ4v) is 2.78. The lowest BCUT2D eigenvalue weighted by Crippen LogP contribution is -2.42. The van der Waals surface area contributed by atoms with Gasteiger partial charge in [0, 0.05) is 10.9 Å². The number of amides is 1. The lowest BCUT2D eigenvalue weighted by molar-refractivity contribution is -0.130. The van der Waals surface area contributed by atoms with Crippen LogP contribution in [0.15, 0.2) is 59.7 Å². The van der Waals surface area contributed by atoms with Gasteiger partial charge >= 0.3 is 0 Å². The minimum atomic E-state index is -0.771. The summed E-state index contributed by atoms with van der Waals surface area (Å²) in [5.74, 6) is 0.749. The molecule has 0 aliphatic carbocycles. The predicted octanol–water partition coefficient (Wildman–Crippen LogP) is 3.18. The van der Waals surface area contributed by atoms with Crippen molar-refractivity contribution in [3.63, 3.8) is 0 Å². The Hall–Kier alpha value is -3.12. The van der Waals surface area contributed by atoms with Crippen LogP contribution in [0, 0.1) is 0 Å². The highest BCUT2D eigenvalue weighted by Crippen LogP contribution is 2.30. The number of hydrogen-bond acceptors (Lipinski definition) is 5. The molecule has 1 aliphatic rings. The fraction of sp³-hybridized carbons (Fsp3) is 0.105. The second kappa shape index (κ2) is 7.01. The Morgan fingerprint density at radius 2 is 1.96 bits per heavy atom. The van der Waals surface area contributed by atoms with Crippen molar-refractivity contribution >= 4 is 34.6 Å². The maximum Gasteiger partial charge on any atom is 0.284 e. The van der Waals surface area contributed by atoms with Crippen LogP contribution < -0.4 is 14.9 Å². The average Bonchev–Trinajstić information content (AvgIpc) is 2.68. The summed E-state index contributed by atoms with van der Waals surface area (Å²) in [6.07, 6.45) is 0.685. The quantitative estimate of drug-likeness (QED) is 0.438. The average molecular weight is 368 g/mol. The first-order chi connectivity index (χ1) is 12.7. The number of nitrogens with zero attached hydrogens (tertiary/aromatic N) is 2. The van der Waals surface area contributed by atoms with E-state index in [1.807, 2.05) is 42.5 Å². The van der Waals surface area contributed by atoms with Crippen LogP contribution in [0.1, 0.15) is 5.56 Å². The minimum absolute atomic E-state index is 0.122. The molecule has 0 bridgehead atoms. The predicted molar refractivity (Wildman–Crippen MR) is 98.8 cm³/mol. The van der Waals surface area contributed by atoms with Crippen molar-refractivity contribution < 1.29 is 14.3 Å². The molecule has 0 unspecified atom stereocenters. The molecule has 1 atom stereocenters. The molecular weight excluding hydrogens is 354 g/mol. The highest BCUT2D eigenvalue weighted by Gasteiger charge is 2.26. The Bertz CT molecular complexity index is 1010. The molecule has 6 nitrogen and oxygen atoms in total. The first kappa shape index (κ1) is 16.4. The van der Waals surface area contributed by atoms with Crippen LogP contribution in [0.3, 0.4) is 0 Å². The Labute approximate surface area is 154 Å². The van der Waals surface area contributed by atoms with E-state index in [9.17, 15) is 4.79 Å². The van der Waals surface area contributed by atoms with Crippen LogP contribution >= 0.6 is 11.6 Å². The third-order valence-electron chi connectivity index (χ3n) is 3.88. The molecule has 1 aliphatic heterocycles. The van der Waals surface area contributed by atoms with Crippen molar-refractivity contribution in [1.82, 2.24) is 10.4 Å². The van der Waals surface area contributed by atoms with E-state index >= 15 is 0 Å². The number of carbonyl (C=O) groups excluding carboxylic acids is 1. The topological polar surface area (TPSA) is 72.8 Å². The molecule has 0 spiro atoms. The number of ether oxygens (including phenoxy) is 2. The lowest BCUT2D eigenvalue weighted by atomic mass is 10.2. The fourth-order valence-electron chi connectivity index (χ4n) is 2.59. The van der Waals surface area contributed by atoms with E-state index in [-0.39, 0.29) is 6.61 Å². The van der Waals surface area contributed by atoms with Gasteiger partial charge in [0.05, 0.1) is 11.7 Å². The number of hydrazone groups is 1. The number of pyridine rings is 1. The molecule has 0 saturated carbocycles. The largest absolute Gasteiger partial charge is 0.485 e. The number of fused-ring (bicyclic) bond motifs is 2. The van der Waals surface area contributed by atoms with Crippen LogP contribution in [0.25, 0.3) is 10.9 Å². The number of hydrogen-bond donors (Lipinski definition) is 1. The molecular formula is C19H14ClN3O3. The SMILES string of the molecule is O=C(N/N=C\c1cc2ccccc2nc1Cl)[C@@H]1COc2ccccc2O1. The first-order valence-electron chi connectivity index (χ1n) is 7.97. The second-order valence-corrected chi connectivity index (χ2v) is 6.02. The van der Waals surface area contributed by atoms with Crippen LogP contribution in [-0.2, 0) is 4.79 Å². The molecule has 1 aromatic heterocycles. The van der Waals surface area contributed by atoms with E-state index < -0.39 is 12.0 Å². The summed E-state index contributed by atoms with van der Waals surface area (Å²) in [7, 11) is 0. The van der Waals surface area contributed by atoms with E-state index in [1.54, 1.807) is 12.1 Å². The zero-order chi connectivity index (χ0) is 17.9. The Kier molecular flexibility index (Phi) is 4.41. The maximum atomic E-state index is 12.2. The van der Waals surface area contributed by atoms with E-state index in [4.69, 9.17) is 21.1 Å². The highest BCUT2D eigenvalue weighted by atomic mass is 35.5. The number of para-hydroxylation sites is 3. The molecule has 2 aromatic carbocycles. The summed E-state index contributed by atoms with van der Waals surface area (Å²) in [6.45, 7) is 0.122. The third-order valence-corrected chi connectivity index (χ3v) is 4.19. The normalized spacial score (nSPS) is 16.0. The molecule has 4 rings (SSSR count). The number of carbonyl (C=O) groups is 1. The van der Waals surface area contributed by atoms with Crippen molar-refractivity contribution in [2.75, 3.05) is 6.61 Å². The van der Waals surface area contributed by atoms with Crippen molar-refractivity contribution in [3.05, 3.63) is 65.3 Å². The van der Waals surface area contributed by atoms with E-state index in [1.165, 1.54) is 6.21 Å². The van der Waals surface area contributed by atoms with Gasteiger partial charge in [0.15, 0.2) is 11.5 Å². The number of aromatic nitrogens is 1. The van der Waals surface area contributed by atoms with E-state index in [0.717, 1.165) is 10.9 Å². The monoisotopic (exact) mass is 367 g/mol. The van der Waals surface area contributed by atoms with Crippen molar-refractivity contribution in [2.45, 2.75) is 6.10 Å².